The zero-order valence-corrected chi connectivity index (χ0v) is 7.40. The summed E-state index contributed by atoms with van der Waals surface area (Å²) in [4.78, 5) is 0. The monoisotopic (exact) mass is 183 g/mol. The number of fused-ring (bicyclic) bond motifs is 1. The maximum absolute atomic E-state index is 13.2. The number of hydrogen-bond acceptors (Lipinski definition) is 1. The molecule has 0 fully saturated rings. The highest BCUT2D eigenvalue weighted by Gasteiger charge is 2.18. The van der Waals surface area contributed by atoms with Crippen molar-refractivity contribution in [3.8, 4) is 0 Å². The molecule has 0 saturated heterocycles. The number of rotatable bonds is 0. The summed E-state index contributed by atoms with van der Waals surface area (Å²) in [5.74, 6) is -0.917. The third-order valence-corrected chi connectivity index (χ3v) is 2.41. The Morgan fingerprint density at radius 3 is 2.92 bits per heavy atom. The highest BCUT2D eigenvalue weighted by molar-refractivity contribution is 5.32. The number of benzene rings is 1. The SMILES string of the molecule is CC1Cc2cc(F)cc(F)c2CN1. The number of nitrogens with one attached hydrogen (secondary N) is 1. The number of halogens is 2. The van der Waals surface area contributed by atoms with E-state index in [-0.39, 0.29) is 0 Å². The molecular formula is C10H11F2N. The molecule has 1 N–H and O–H groups in total. The Bertz CT molecular complexity index is 336. The van der Waals surface area contributed by atoms with Crippen LogP contribution in [-0.2, 0) is 13.0 Å². The maximum Gasteiger partial charge on any atom is 0.130 e. The predicted molar refractivity (Wildman–Crippen MR) is 46.4 cm³/mol. The van der Waals surface area contributed by atoms with Gasteiger partial charge in [-0.25, -0.2) is 8.78 Å². The van der Waals surface area contributed by atoms with Crippen LogP contribution in [0.4, 0.5) is 8.78 Å². The second kappa shape index (κ2) is 3.07. The van der Waals surface area contributed by atoms with Gasteiger partial charge < -0.3 is 5.32 Å². The van der Waals surface area contributed by atoms with Crippen LogP contribution in [0.15, 0.2) is 12.1 Å². The van der Waals surface area contributed by atoms with Crippen molar-refractivity contribution < 1.29 is 8.78 Å². The van der Waals surface area contributed by atoms with Crippen molar-refractivity contribution >= 4 is 0 Å². The molecule has 70 valence electrons. The first-order valence-corrected chi connectivity index (χ1v) is 4.37. The lowest BCUT2D eigenvalue weighted by Gasteiger charge is -2.23. The largest absolute Gasteiger partial charge is 0.310 e. The van der Waals surface area contributed by atoms with Crippen LogP contribution in [0.2, 0.25) is 0 Å². The van der Waals surface area contributed by atoms with Crippen LogP contribution in [0, 0.1) is 11.6 Å². The Balaban J connectivity index is 2.47. The van der Waals surface area contributed by atoms with Gasteiger partial charge in [-0.05, 0) is 25.0 Å². The Labute approximate surface area is 75.8 Å². The van der Waals surface area contributed by atoms with Gasteiger partial charge >= 0.3 is 0 Å². The van der Waals surface area contributed by atoms with Gasteiger partial charge in [-0.3, -0.25) is 0 Å². The van der Waals surface area contributed by atoms with Gasteiger partial charge in [0.05, 0.1) is 0 Å². The van der Waals surface area contributed by atoms with Gasteiger partial charge in [0, 0.05) is 24.2 Å². The van der Waals surface area contributed by atoms with Crippen molar-refractivity contribution in [3.05, 3.63) is 34.9 Å². The third-order valence-electron chi connectivity index (χ3n) is 2.41. The molecule has 1 atom stereocenters. The highest BCUT2D eigenvalue weighted by atomic mass is 19.1. The first-order valence-electron chi connectivity index (χ1n) is 4.37. The van der Waals surface area contributed by atoms with E-state index in [1.54, 1.807) is 0 Å². The minimum atomic E-state index is -0.481. The molecule has 0 radical (unpaired) electrons. The molecule has 0 bridgehead atoms. The van der Waals surface area contributed by atoms with Crippen LogP contribution in [0.1, 0.15) is 18.1 Å². The van der Waals surface area contributed by atoms with Crippen molar-refractivity contribution in [2.75, 3.05) is 0 Å². The summed E-state index contributed by atoms with van der Waals surface area (Å²) >= 11 is 0. The molecule has 0 saturated carbocycles. The quantitative estimate of drug-likeness (QED) is 0.648. The Morgan fingerprint density at radius 1 is 1.38 bits per heavy atom. The zero-order chi connectivity index (χ0) is 9.42. The van der Waals surface area contributed by atoms with Crippen molar-refractivity contribution in [3.63, 3.8) is 0 Å². The lowest BCUT2D eigenvalue weighted by atomic mass is 9.96. The zero-order valence-electron chi connectivity index (χ0n) is 7.40. The van der Waals surface area contributed by atoms with Crippen molar-refractivity contribution in [1.82, 2.24) is 5.32 Å². The predicted octanol–water partition coefficient (Wildman–Crippen LogP) is 2.00. The summed E-state index contributed by atoms with van der Waals surface area (Å²) in [5, 5.41) is 3.14. The molecule has 1 aromatic rings. The second-order valence-electron chi connectivity index (χ2n) is 3.51. The normalized spacial score (nSPS) is 21.3. The average molecular weight is 183 g/mol. The molecule has 1 unspecified atom stereocenters. The molecular weight excluding hydrogens is 172 g/mol. The first-order chi connectivity index (χ1) is 6.16. The fourth-order valence-corrected chi connectivity index (χ4v) is 1.72. The van der Waals surface area contributed by atoms with E-state index in [0.717, 1.165) is 11.6 Å². The molecule has 0 aromatic heterocycles. The minimum Gasteiger partial charge on any atom is -0.310 e. The van der Waals surface area contributed by atoms with Crippen LogP contribution < -0.4 is 5.32 Å². The van der Waals surface area contributed by atoms with Crippen LogP contribution in [0.3, 0.4) is 0 Å². The third kappa shape index (κ3) is 1.56. The fraction of sp³-hybridized carbons (Fsp3) is 0.400. The molecule has 0 spiro atoms. The van der Waals surface area contributed by atoms with Crippen molar-refractivity contribution in [1.29, 1.82) is 0 Å². The number of hydrogen-bond donors (Lipinski definition) is 1. The van der Waals surface area contributed by atoms with Gasteiger partial charge in [0.1, 0.15) is 11.6 Å². The molecule has 13 heavy (non-hydrogen) atoms. The summed E-state index contributed by atoms with van der Waals surface area (Å²) in [6.07, 6.45) is 0.698. The molecule has 0 amide bonds. The van der Waals surface area contributed by atoms with Crippen molar-refractivity contribution in [2.24, 2.45) is 0 Å². The molecule has 1 nitrogen and oxygen atoms in total. The second-order valence-corrected chi connectivity index (χ2v) is 3.51. The van der Waals surface area contributed by atoms with E-state index < -0.39 is 11.6 Å². The standard InChI is InChI=1S/C10H11F2N/c1-6-2-7-3-8(11)4-10(12)9(7)5-13-6/h3-4,6,13H,2,5H2,1H3. The van der Waals surface area contributed by atoms with Crippen LogP contribution >= 0.6 is 0 Å². The fourth-order valence-electron chi connectivity index (χ4n) is 1.72. The van der Waals surface area contributed by atoms with Crippen LogP contribution in [0.5, 0.6) is 0 Å². The van der Waals surface area contributed by atoms with E-state index in [0.29, 0.717) is 24.6 Å². The summed E-state index contributed by atoms with van der Waals surface area (Å²) in [6.45, 7) is 2.51. The van der Waals surface area contributed by atoms with E-state index in [2.05, 4.69) is 5.32 Å². The summed E-state index contributed by atoms with van der Waals surface area (Å²) in [6, 6.07) is 2.67. The van der Waals surface area contributed by atoms with E-state index >= 15 is 0 Å². The van der Waals surface area contributed by atoms with Gasteiger partial charge in [0.25, 0.3) is 0 Å². The Morgan fingerprint density at radius 2 is 2.15 bits per heavy atom. The van der Waals surface area contributed by atoms with Gasteiger partial charge in [0.15, 0.2) is 0 Å². The van der Waals surface area contributed by atoms with Gasteiger partial charge in [-0.2, -0.15) is 0 Å². The van der Waals surface area contributed by atoms with E-state index in [1.165, 1.54) is 6.07 Å². The van der Waals surface area contributed by atoms with Gasteiger partial charge in [-0.15, -0.1) is 0 Å². The Hall–Kier alpha value is -0.960. The lowest BCUT2D eigenvalue weighted by Crippen LogP contribution is -2.33. The van der Waals surface area contributed by atoms with Crippen molar-refractivity contribution in [2.45, 2.75) is 25.9 Å². The lowest BCUT2D eigenvalue weighted by molar-refractivity contribution is 0.481. The maximum atomic E-state index is 13.2. The summed E-state index contributed by atoms with van der Waals surface area (Å²) in [7, 11) is 0. The molecule has 1 aliphatic rings. The van der Waals surface area contributed by atoms with Crippen LogP contribution in [0.25, 0.3) is 0 Å². The molecule has 1 heterocycles. The average Bonchev–Trinajstić information content (AvgIpc) is 2.02. The molecule has 1 aliphatic heterocycles. The van der Waals surface area contributed by atoms with E-state index in [1.807, 2.05) is 6.92 Å². The Kier molecular flexibility index (Phi) is 2.04. The summed E-state index contributed by atoms with van der Waals surface area (Å²) < 4.78 is 26.0. The van der Waals surface area contributed by atoms with E-state index in [4.69, 9.17) is 0 Å². The summed E-state index contributed by atoms with van der Waals surface area (Å²) in [5.41, 5.74) is 1.41. The smallest absolute Gasteiger partial charge is 0.130 e. The highest BCUT2D eigenvalue weighted by Crippen LogP contribution is 2.21. The molecule has 2 rings (SSSR count). The minimum absolute atomic E-state index is 0.300. The van der Waals surface area contributed by atoms with Gasteiger partial charge in [-0.1, -0.05) is 0 Å². The van der Waals surface area contributed by atoms with E-state index in [9.17, 15) is 8.78 Å². The van der Waals surface area contributed by atoms with Gasteiger partial charge in [0.2, 0.25) is 0 Å². The molecule has 3 heteroatoms. The molecule has 1 aromatic carbocycles. The topological polar surface area (TPSA) is 12.0 Å². The first kappa shape index (κ1) is 8.63. The van der Waals surface area contributed by atoms with Crippen LogP contribution in [-0.4, -0.2) is 6.04 Å². The molecule has 0 aliphatic carbocycles.